The minimum atomic E-state index is -0.280. The minimum absolute atomic E-state index is 0.0675. The van der Waals surface area contributed by atoms with E-state index in [0.717, 1.165) is 0 Å². The van der Waals surface area contributed by atoms with Crippen LogP contribution in [-0.2, 0) is 4.79 Å². The van der Waals surface area contributed by atoms with Crippen molar-refractivity contribution < 1.29 is 4.79 Å². The Hall–Kier alpha value is -1.60. The molecule has 0 radical (unpaired) electrons. The predicted octanol–water partition coefficient (Wildman–Crippen LogP) is 0.742. The summed E-state index contributed by atoms with van der Waals surface area (Å²) in [5.41, 5.74) is 2.02. The Balaban J connectivity index is 2.60. The molecule has 0 aliphatic rings. The highest BCUT2D eigenvalue weighted by Gasteiger charge is 2.14. The summed E-state index contributed by atoms with van der Waals surface area (Å²) in [6, 6.07) is 0. The lowest BCUT2D eigenvalue weighted by Crippen LogP contribution is -2.43. The van der Waals surface area contributed by atoms with Crippen molar-refractivity contribution in [3.05, 3.63) is 11.2 Å². The van der Waals surface area contributed by atoms with Gasteiger partial charge in [-0.25, -0.2) is 10.8 Å². The van der Waals surface area contributed by atoms with E-state index in [-0.39, 0.29) is 23.9 Å². The Morgan fingerprint density at radius 1 is 1.50 bits per heavy atom. The lowest BCUT2D eigenvalue weighted by Gasteiger charge is -2.20. The first kappa shape index (κ1) is 14.5. The van der Waals surface area contributed by atoms with Gasteiger partial charge in [-0.1, -0.05) is 11.6 Å². The fraction of sp³-hybridized carbons (Fsp3) is 0.500. The molecule has 0 aromatic carbocycles. The zero-order chi connectivity index (χ0) is 13.8. The molecule has 0 aliphatic carbocycles. The molecule has 0 saturated carbocycles. The van der Waals surface area contributed by atoms with Crippen LogP contribution in [-0.4, -0.2) is 28.0 Å². The van der Waals surface area contributed by atoms with Crippen LogP contribution in [0, 0.1) is 0 Å². The molecular weight excluding hydrogens is 256 g/mol. The second-order valence-electron chi connectivity index (χ2n) is 4.69. The summed E-state index contributed by atoms with van der Waals surface area (Å²) in [5, 5.41) is 5.95. The van der Waals surface area contributed by atoms with E-state index in [0.29, 0.717) is 10.8 Å². The lowest BCUT2D eigenvalue weighted by atomic mass is 10.1. The average molecular weight is 273 g/mol. The topological polar surface area (TPSA) is 105 Å². The zero-order valence-electron chi connectivity index (χ0n) is 10.5. The molecule has 0 fully saturated rings. The molecule has 100 valence electrons. The fourth-order valence-corrected chi connectivity index (χ4v) is 1.34. The predicted molar refractivity (Wildman–Crippen MR) is 71.2 cm³/mol. The van der Waals surface area contributed by atoms with E-state index in [4.69, 9.17) is 17.4 Å². The summed E-state index contributed by atoms with van der Waals surface area (Å²) < 4.78 is 0. The van der Waals surface area contributed by atoms with Gasteiger partial charge in [0.05, 0.1) is 12.7 Å². The van der Waals surface area contributed by atoms with Gasteiger partial charge < -0.3 is 10.6 Å². The van der Waals surface area contributed by atoms with Crippen molar-refractivity contribution in [3.63, 3.8) is 0 Å². The van der Waals surface area contributed by atoms with Gasteiger partial charge in [0, 0.05) is 5.54 Å². The first-order valence-electron chi connectivity index (χ1n) is 5.36. The molecule has 7 nitrogen and oxygen atoms in total. The van der Waals surface area contributed by atoms with Crippen molar-refractivity contribution in [2.75, 3.05) is 17.3 Å². The lowest BCUT2D eigenvalue weighted by molar-refractivity contribution is -0.120. The Morgan fingerprint density at radius 2 is 2.17 bits per heavy atom. The van der Waals surface area contributed by atoms with E-state index < -0.39 is 0 Å². The normalized spacial score (nSPS) is 10.9. The number of hydrazine groups is 1. The monoisotopic (exact) mass is 272 g/mol. The van der Waals surface area contributed by atoms with E-state index in [1.165, 1.54) is 6.20 Å². The number of amides is 1. The smallest absolute Gasteiger partial charge is 0.239 e. The molecule has 1 aromatic heterocycles. The molecule has 1 rings (SSSR count). The number of nitrogens with two attached hydrogens (primary N) is 1. The van der Waals surface area contributed by atoms with Gasteiger partial charge in [0.25, 0.3) is 0 Å². The fourth-order valence-electron chi connectivity index (χ4n) is 1.19. The molecule has 18 heavy (non-hydrogen) atoms. The van der Waals surface area contributed by atoms with Gasteiger partial charge in [-0.2, -0.15) is 4.98 Å². The molecule has 1 amide bonds. The van der Waals surface area contributed by atoms with Crippen LogP contribution < -0.4 is 21.9 Å². The van der Waals surface area contributed by atoms with Crippen LogP contribution in [0.4, 0.5) is 11.8 Å². The SMILES string of the molecule is CC(C)(C)NC(=O)CNc1nc(NN)ncc1Cl. The van der Waals surface area contributed by atoms with Gasteiger partial charge in [-0.05, 0) is 20.8 Å². The molecule has 8 heteroatoms. The van der Waals surface area contributed by atoms with Crippen LogP contribution in [0.3, 0.4) is 0 Å². The average Bonchev–Trinajstić information content (AvgIpc) is 2.25. The largest absolute Gasteiger partial charge is 0.360 e. The summed E-state index contributed by atoms with van der Waals surface area (Å²) in [7, 11) is 0. The van der Waals surface area contributed by atoms with Crippen molar-refractivity contribution in [2.24, 2.45) is 5.84 Å². The minimum Gasteiger partial charge on any atom is -0.360 e. The molecule has 0 spiro atoms. The van der Waals surface area contributed by atoms with Gasteiger partial charge >= 0.3 is 0 Å². The molecule has 0 bridgehead atoms. The summed E-state index contributed by atoms with van der Waals surface area (Å²) in [4.78, 5) is 19.4. The van der Waals surface area contributed by atoms with Crippen LogP contribution in [0.2, 0.25) is 5.02 Å². The van der Waals surface area contributed by atoms with Gasteiger partial charge in [0.1, 0.15) is 5.02 Å². The number of aromatic nitrogens is 2. The highest BCUT2D eigenvalue weighted by atomic mass is 35.5. The first-order valence-corrected chi connectivity index (χ1v) is 5.73. The molecule has 1 heterocycles. The number of nitrogens with zero attached hydrogens (tertiary/aromatic N) is 2. The zero-order valence-corrected chi connectivity index (χ0v) is 11.3. The number of rotatable bonds is 4. The van der Waals surface area contributed by atoms with Gasteiger partial charge in [-0.15, -0.1) is 0 Å². The number of hydrogen-bond donors (Lipinski definition) is 4. The van der Waals surface area contributed by atoms with Gasteiger partial charge in [0.2, 0.25) is 11.9 Å². The Kier molecular flexibility index (Phi) is 4.69. The van der Waals surface area contributed by atoms with Crippen LogP contribution in [0.15, 0.2) is 6.20 Å². The van der Waals surface area contributed by atoms with Gasteiger partial charge in [0.15, 0.2) is 5.82 Å². The molecule has 1 aromatic rings. The maximum Gasteiger partial charge on any atom is 0.239 e. The Morgan fingerprint density at radius 3 is 2.72 bits per heavy atom. The van der Waals surface area contributed by atoms with Crippen molar-refractivity contribution in [1.82, 2.24) is 15.3 Å². The maximum absolute atomic E-state index is 11.6. The number of nitrogens with one attached hydrogen (secondary N) is 3. The highest BCUT2D eigenvalue weighted by molar-refractivity contribution is 6.32. The number of halogens is 1. The van der Waals surface area contributed by atoms with E-state index in [9.17, 15) is 4.79 Å². The Labute approximate surface area is 110 Å². The van der Waals surface area contributed by atoms with E-state index >= 15 is 0 Å². The van der Waals surface area contributed by atoms with Crippen LogP contribution in [0.25, 0.3) is 0 Å². The van der Waals surface area contributed by atoms with Crippen LogP contribution in [0.5, 0.6) is 0 Å². The van der Waals surface area contributed by atoms with Gasteiger partial charge in [-0.3, -0.25) is 10.2 Å². The molecule has 5 N–H and O–H groups in total. The van der Waals surface area contributed by atoms with Crippen molar-refractivity contribution in [3.8, 4) is 0 Å². The molecule has 0 saturated heterocycles. The highest BCUT2D eigenvalue weighted by Crippen LogP contribution is 2.18. The van der Waals surface area contributed by atoms with Crippen molar-refractivity contribution in [1.29, 1.82) is 0 Å². The number of nitrogen functional groups attached to an aromatic ring is 1. The van der Waals surface area contributed by atoms with Crippen LogP contribution in [0.1, 0.15) is 20.8 Å². The van der Waals surface area contributed by atoms with Crippen molar-refractivity contribution in [2.45, 2.75) is 26.3 Å². The molecular formula is C10H17ClN6O. The third kappa shape index (κ3) is 4.72. The second-order valence-corrected chi connectivity index (χ2v) is 5.09. The summed E-state index contributed by atoms with van der Waals surface area (Å²) in [6.45, 7) is 5.77. The molecule has 0 atom stereocenters. The standard InChI is InChI=1S/C10H17ClN6O/c1-10(2,3)16-7(18)5-13-8-6(11)4-14-9(15-8)17-12/h4H,5,12H2,1-3H3,(H,16,18)(H2,13,14,15,17). The maximum atomic E-state index is 11.6. The van der Waals surface area contributed by atoms with Crippen LogP contribution >= 0.6 is 11.6 Å². The van der Waals surface area contributed by atoms with Crippen molar-refractivity contribution >= 4 is 29.3 Å². The molecule has 0 aliphatic heterocycles. The quantitative estimate of drug-likeness (QED) is 0.476. The number of anilines is 2. The summed E-state index contributed by atoms with van der Waals surface area (Å²) in [6.07, 6.45) is 1.40. The third-order valence-corrected chi connectivity index (χ3v) is 2.08. The van der Waals surface area contributed by atoms with E-state index in [1.807, 2.05) is 20.8 Å². The third-order valence-electron chi connectivity index (χ3n) is 1.80. The number of carbonyl (C=O) groups excluding carboxylic acids is 1. The number of hydrogen-bond acceptors (Lipinski definition) is 6. The Bertz CT molecular complexity index is 431. The summed E-state index contributed by atoms with van der Waals surface area (Å²) in [5.74, 6) is 5.60. The first-order chi connectivity index (χ1) is 8.31. The second kappa shape index (κ2) is 5.83. The number of carbonyl (C=O) groups is 1. The molecule has 0 unspecified atom stereocenters. The summed E-state index contributed by atoms with van der Waals surface area (Å²) >= 11 is 5.88. The van der Waals surface area contributed by atoms with E-state index in [1.54, 1.807) is 0 Å². The van der Waals surface area contributed by atoms with E-state index in [2.05, 4.69) is 26.0 Å².